The molecule has 0 saturated carbocycles. The fourth-order valence-corrected chi connectivity index (χ4v) is 3.92. The third-order valence-corrected chi connectivity index (χ3v) is 5.89. The predicted molar refractivity (Wildman–Crippen MR) is 142 cm³/mol. The number of halogens is 1. The van der Waals surface area contributed by atoms with Gasteiger partial charge < -0.3 is 15.7 Å². The average molecular weight is 517 g/mol. The maximum atomic E-state index is 12.9. The largest absolute Gasteiger partial charge is 0.478 e. The van der Waals surface area contributed by atoms with Crippen molar-refractivity contribution < 1.29 is 14.7 Å². The summed E-state index contributed by atoms with van der Waals surface area (Å²) < 4.78 is 1.50. The van der Waals surface area contributed by atoms with Gasteiger partial charge in [-0.15, -0.1) is 5.10 Å². The van der Waals surface area contributed by atoms with Gasteiger partial charge in [0.1, 0.15) is 6.33 Å². The van der Waals surface area contributed by atoms with Gasteiger partial charge in [-0.25, -0.2) is 4.79 Å². The number of hydrogen-bond acceptors (Lipinski definition) is 6. The maximum absolute atomic E-state index is 12.9. The molecule has 1 aromatic heterocycles. The van der Waals surface area contributed by atoms with Crippen LogP contribution < -0.4 is 10.6 Å². The van der Waals surface area contributed by atoms with E-state index in [4.69, 9.17) is 16.7 Å². The van der Waals surface area contributed by atoms with Crippen LogP contribution in [0.5, 0.6) is 0 Å². The second kappa shape index (κ2) is 12.5. The van der Waals surface area contributed by atoms with Crippen molar-refractivity contribution in [1.29, 1.82) is 0 Å². The smallest absolute Gasteiger partial charge is 0.335 e. The Morgan fingerprint density at radius 1 is 1.05 bits per heavy atom. The molecular weight excluding hydrogens is 492 g/mol. The molecule has 9 nitrogen and oxygen atoms in total. The van der Waals surface area contributed by atoms with Crippen molar-refractivity contribution >= 4 is 35.2 Å². The molecule has 0 spiro atoms. The number of aryl methyl sites for hydroxylation is 1. The first kappa shape index (κ1) is 25.6. The van der Waals surface area contributed by atoms with Crippen LogP contribution >= 0.6 is 11.6 Å². The molecule has 37 heavy (non-hydrogen) atoms. The molecule has 0 aliphatic heterocycles. The van der Waals surface area contributed by atoms with Gasteiger partial charge in [0.15, 0.2) is 0 Å². The number of carboxylic acid groups (broad SMARTS) is 1. The molecule has 1 atom stereocenters. The number of aromatic nitrogens is 4. The molecular formula is C27H25ClN6O3. The van der Waals surface area contributed by atoms with Gasteiger partial charge >= 0.3 is 5.97 Å². The number of carbonyl (C=O) groups is 2. The first-order chi connectivity index (χ1) is 18.0. The third kappa shape index (κ3) is 7.49. The van der Waals surface area contributed by atoms with Gasteiger partial charge in [0.2, 0.25) is 5.91 Å². The molecule has 1 amide bonds. The fraction of sp³-hybridized carbons (Fsp3) is 0.148. The fourth-order valence-electron chi connectivity index (χ4n) is 3.74. The quantitative estimate of drug-likeness (QED) is 0.255. The number of tetrazole rings is 1. The SMILES string of the molecule is O=C(/C=C/c1cc(Cl)ccc1-n1cnnn1)NC(CCc1ccccc1)CNc1ccc(C(=O)O)cc1. The van der Waals surface area contributed by atoms with E-state index in [9.17, 15) is 9.59 Å². The third-order valence-electron chi connectivity index (χ3n) is 5.65. The van der Waals surface area contributed by atoms with Crippen molar-refractivity contribution in [3.8, 4) is 5.69 Å². The maximum Gasteiger partial charge on any atom is 0.335 e. The molecule has 0 fully saturated rings. The minimum absolute atomic E-state index is 0.185. The molecule has 1 unspecified atom stereocenters. The molecule has 0 bridgehead atoms. The van der Waals surface area contributed by atoms with Crippen molar-refractivity contribution in [2.75, 3.05) is 11.9 Å². The van der Waals surface area contributed by atoms with Gasteiger partial charge in [0.25, 0.3) is 0 Å². The van der Waals surface area contributed by atoms with Crippen molar-refractivity contribution in [3.05, 3.63) is 107 Å². The predicted octanol–water partition coefficient (Wildman–Crippen LogP) is 4.26. The highest BCUT2D eigenvalue weighted by Gasteiger charge is 2.13. The Labute approximate surface area is 218 Å². The van der Waals surface area contributed by atoms with E-state index in [1.165, 1.54) is 34.8 Å². The molecule has 0 aliphatic carbocycles. The highest BCUT2D eigenvalue weighted by molar-refractivity contribution is 6.30. The molecule has 188 valence electrons. The van der Waals surface area contributed by atoms with Crippen molar-refractivity contribution in [3.63, 3.8) is 0 Å². The zero-order valence-electron chi connectivity index (χ0n) is 19.8. The van der Waals surface area contributed by atoms with Crippen LogP contribution in [0.3, 0.4) is 0 Å². The number of benzene rings is 3. The van der Waals surface area contributed by atoms with Crippen LogP contribution in [0.25, 0.3) is 11.8 Å². The Bertz CT molecular complexity index is 1360. The van der Waals surface area contributed by atoms with E-state index in [0.717, 1.165) is 12.1 Å². The van der Waals surface area contributed by atoms with E-state index < -0.39 is 5.97 Å². The van der Waals surface area contributed by atoms with Crippen LogP contribution in [-0.2, 0) is 11.2 Å². The lowest BCUT2D eigenvalue weighted by molar-refractivity contribution is -0.117. The molecule has 1 heterocycles. The summed E-state index contributed by atoms with van der Waals surface area (Å²) in [6.07, 6.45) is 6.08. The summed E-state index contributed by atoms with van der Waals surface area (Å²) in [7, 11) is 0. The van der Waals surface area contributed by atoms with Gasteiger partial charge in [-0.05, 0) is 77.4 Å². The zero-order valence-corrected chi connectivity index (χ0v) is 20.5. The van der Waals surface area contributed by atoms with E-state index in [2.05, 4.69) is 38.3 Å². The number of amides is 1. The summed E-state index contributed by atoms with van der Waals surface area (Å²) in [5.41, 5.74) is 3.53. The van der Waals surface area contributed by atoms with Crippen LogP contribution in [0.4, 0.5) is 5.69 Å². The summed E-state index contributed by atoms with van der Waals surface area (Å²) in [5, 5.41) is 27.2. The molecule has 4 rings (SSSR count). The summed E-state index contributed by atoms with van der Waals surface area (Å²) in [6, 6.07) is 21.6. The molecule has 10 heteroatoms. The first-order valence-electron chi connectivity index (χ1n) is 11.6. The summed E-state index contributed by atoms with van der Waals surface area (Å²) in [5.74, 6) is -1.24. The van der Waals surface area contributed by atoms with Crippen LogP contribution in [0.2, 0.25) is 5.02 Å². The van der Waals surface area contributed by atoms with Crippen LogP contribution in [-0.4, -0.2) is 49.8 Å². The highest BCUT2D eigenvalue weighted by Crippen LogP contribution is 2.20. The van der Waals surface area contributed by atoms with E-state index in [-0.39, 0.29) is 17.5 Å². The summed E-state index contributed by atoms with van der Waals surface area (Å²) in [4.78, 5) is 24.0. The standard InChI is InChI=1S/C27H25ClN6O3/c28-22-10-14-25(34-18-30-32-33-34)21(16-22)9-15-26(35)31-24(11-6-19-4-2-1-3-5-19)17-29-23-12-7-20(8-13-23)27(36)37/h1-5,7-10,12-16,18,24,29H,6,11,17H2,(H,31,35)(H,36,37)/b15-9+. The summed E-state index contributed by atoms with van der Waals surface area (Å²) in [6.45, 7) is 0.464. The molecule has 0 aliphatic rings. The number of carbonyl (C=O) groups excluding carboxylic acids is 1. The molecule has 0 saturated heterocycles. The minimum Gasteiger partial charge on any atom is -0.478 e. The van der Waals surface area contributed by atoms with Crippen LogP contribution in [0, 0.1) is 0 Å². The Hall–Kier alpha value is -4.50. The van der Waals surface area contributed by atoms with Gasteiger partial charge in [-0.2, -0.15) is 4.68 Å². The number of carboxylic acids is 1. The summed E-state index contributed by atoms with van der Waals surface area (Å²) >= 11 is 6.17. The Balaban J connectivity index is 1.44. The van der Waals surface area contributed by atoms with Crippen molar-refractivity contribution in [2.24, 2.45) is 0 Å². The van der Waals surface area contributed by atoms with Gasteiger partial charge in [-0.1, -0.05) is 41.9 Å². The van der Waals surface area contributed by atoms with Gasteiger partial charge in [-0.3, -0.25) is 4.79 Å². The molecule has 3 aromatic carbocycles. The average Bonchev–Trinajstić information content (AvgIpc) is 3.45. The topological polar surface area (TPSA) is 122 Å². The van der Waals surface area contributed by atoms with E-state index in [1.807, 2.05) is 18.2 Å². The number of hydrogen-bond donors (Lipinski definition) is 3. The van der Waals surface area contributed by atoms with E-state index in [0.29, 0.717) is 29.2 Å². The van der Waals surface area contributed by atoms with E-state index in [1.54, 1.807) is 36.4 Å². The number of nitrogens with one attached hydrogen (secondary N) is 2. The number of rotatable bonds is 11. The number of anilines is 1. The lowest BCUT2D eigenvalue weighted by Crippen LogP contribution is -2.39. The van der Waals surface area contributed by atoms with Crippen molar-refractivity contribution in [1.82, 2.24) is 25.5 Å². The Morgan fingerprint density at radius 3 is 2.54 bits per heavy atom. The van der Waals surface area contributed by atoms with Gasteiger partial charge in [0.05, 0.1) is 11.3 Å². The Morgan fingerprint density at radius 2 is 1.84 bits per heavy atom. The zero-order chi connectivity index (χ0) is 26.0. The lowest BCUT2D eigenvalue weighted by Gasteiger charge is -2.19. The first-order valence-corrected chi connectivity index (χ1v) is 12.0. The monoisotopic (exact) mass is 516 g/mol. The second-order valence-corrected chi connectivity index (χ2v) is 8.72. The molecule has 3 N–H and O–H groups in total. The van der Waals surface area contributed by atoms with Crippen LogP contribution in [0.1, 0.15) is 27.9 Å². The molecule has 4 aromatic rings. The van der Waals surface area contributed by atoms with Crippen molar-refractivity contribution in [2.45, 2.75) is 18.9 Å². The van der Waals surface area contributed by atoms with Gasteiger partial charge in [0, 0.05) is 34.9 Å². The van der Waals surface area contributed by atoms with Crippen LogP contribution in [0.15, 0.2) is 85.2 Å². The number of aromatic carboxylic acids is 1. The lowest BCUT2D eigenvalue weighted by atomic mass is 10.0. The number of nitrogens with zero attached hydrogens (tertiary/aromatic N) is 4. The Kier molecular flexibility index (Phi) is 8.62. The highest BCUT2D eigenvalue weighted by atomic mass is 35.5. The normalized spacial score (nSPS) is 11.8. The second-order valence-electron chi connectivity index (χ2n) is 8.28. The minimum atomic E-state index is -0.978. The van der Waals surface area contributed by atoms with E-state index >= 15 is 0 Å². The molecule has 0 radical (unpaired) electrons.